The lowest BCUT2D eigenvalue weighted by atomic mass is 10.0. The Morgan fingerprint density at radius 2 is 1.68 bits per heavy atom. The van der Waals surface area contributed by atoms with Crippen molar-refractivity contribution in [1.82, 2.24) is 0 Å². The Kier molecular flexibility index (Phi) is 7.09. The lowest BCUT2D eigenvalue weighted by molar-refractivity contribution is -0.146. The van der Waals surface area contributed by atoms with Gasteiger partial charge >= 0.3 is 11.6 Å². The third-order valence-corrected chi connectivity index (χ3v) is 4.99. The van der Waals surface area contributed by atoms with Gasteiger partial charge in [0.25, 0.3) is 0 Å². The number of hydrogen-bond acceptors (Lipinski definition) is 6. The van der Waals surface area contributed by atoms with E-state index in [0.29, 0.717) is 28.7 Å². The molecule has 0 amide bonds. The minimum atomic E-state index is -0.797. The van der Waals surface area contributed by atoms with Crippen LogP contribution >= 0.6 is 17.0 Å². The van der Waals surface area contributed by atoms with Crippen molar-refractivity contribution >= 4 is 44.7 Å². The molecule has 2 N–H and O–H groups in total. The summed E-state index contributed by atoms with van der Waals surface area (Å²) in [6, 6.07) is 19.3. The predicted molar refractivity (Wildman–Crippen MR) is 125 cm³/mol. The van der Waals surface area contributed by atoms with Crippen molar-refractivity contribution < 1.29 is 18.7 Å². The summed E-state index contributed by atoms with van der Waals surface area (Å²) in [6.45, 7) is -0.0923. The van der Waals surface area contributed by atoms with Gasteiger partial charge in [0.05, 0.1) is 7.11 Å². The summed E-state index contributed by atoms with van der Waals surface area (Å²) in [7, 11) is 1.58. The molecule has 7 heteroatoms. The summed E-state index contributed by atoms with van der Waals surface area (Å²) < 4.78 is 16.4. The van der Waals surface area contributed by atoms with Crippen LogP contribution in [0.4, 0.5) is 0 Å². The molecule has 1 heterocycles. The Morgan fingerprint density at radius 1 is 1.00 bits per heavy atom. The van der Waals surface area contributed by atoms with Crippen LogP contribution < -0.4 is 16.1 Å². The van der Waals surface area contributed by atoms with Crippen LogP contribution in [0, 0.1) is 0 Å². The van der Waals surface area contributed by atoms with Crippen molar-refractivity contribution in [1.29, 1.82) is 0 Å². The van der Waals surface area contributed by atoms with E-state index >= 15 is 0 Å². The van der Waals surface area contributed by atoms with Crippen LogP contribution in [-0.4, -0.2) is 19.1 Å². The van der Waals surface area contributed by atoms with Crippen LogP contribution in [-0.2, 0) is 22.6 Å². The van der Waals surface area contributed by atoms with Gasteiger partial charge in [-0.15, -0.1) is 17.0 Å². The lowest BCUT2D eigenvalue weighted by Crippen LogP contribution is -2.34. The summed E-state index contributed by atoms with van der Waals surface area (Å²) in [5.41, 5.74) is 7.40. The standard InChI is InChI=1S/C24H21NO5.BrH/c1-28-21-13-19-16(12-22(26)30-23(19)18-10-6-5-9-17(18)21)14-29-24(27)20(25)11-15-7-3-2-4-8-15;/h2-10,12-13,20H,11,14,25H2,1H3;1H/t20-;/m0./s1. The number of nitrogens with two attached hydrogens (primary N) is 1. The number of carbonyl (C=O) groups excluding carboxylic acids is 1. The minimum absolute atomic E-state index is 0. The van der Waals surface area contributed by atoms with Gasteiger partial charge in [-0.05, 0) is 18.1 Å². The highest BCUT2D eigenvalue weighted by atomic mass is 79.9. The highest BCUT2D eigenvalue weighted by molar-refractivity contribution is 8.93. The van der Waals surface area contributed by atoms with Gasteiger partial charge in [0.2, 0.25) is 0 Å². The highest BCUT2D eigenvalue weighted by Gasteiger charge is 2.18. The van der Waals surface area contributed by atoms with Crippen molar-refractivity contribution in [2.45, 2.75) is 19.1 Å². The monoisotopic (exact) mass is 483 g/mol. The molecule has 0 saturated heterocycles. The number of carbonyl (C=O) groups is 1. The van der Waals surface area contributed by atoms with Gasteiger partial charge in [-0.25, -0.2) is 4.79 Å². The number of hydrogen-bond donors (Lipinski definition) is 1. The Morgan fingerprint density at radius 3 is 2.39 bits per heavy atom. The lowest BCUT2D eigenvalue weighted by Gasteiger charge is -2.14. The Bertz CT molecular complexity index is 1270. The van der Waals surface area contributed by atoms with Crippen molar-refractivity contribution in [3.8, 4) is 5.75 Å². The van der Waals surface area contributed by atoms with Crippen molar-refractivity contribution in [2.75, 3.05) is 7.11 Å². The second kappa shape index (κ2) is 9.76. The first kappa shape index (κ1) is 22.5. The van der Waals surface area contributed by atoms with Gasteiger partial charge in [0.1, 0.15) is 24.0 Å². The van der Waals surface area contributed by atoms with Gasteiger partial charge in [0.15, 0.2) is 0 Å². The largest absolute Gasteiger partial charge is 0.496 e. The van der Waals surface area contributed by atoms with E-state index in [1.165, 1.54) is 6.07 Å². The molecule has 1 aromatic heterocycles. The fourth-order valence-corrected chi connectivity index (χ4v) is 3.51. The molecule has 0 saturated carbocycles. The molecular formula is C24H22BrNO5. The van der Waals surface area contributed by atoms with Gasteiger partial charge in [-0.1, -0.05) is 54.6 Å². The molecule has 4 aromatic rings. The molecule has 160 valence electrons. The minimum Gasteiger partial charge on any atom is -0.496 e. The molecule has 4 rings (SSSR count). The number of fused-ring (bicyclic) bond motifs is 3. The summed E-state index contributed by atoms with van der Waals surface area (Å²) in [5, 5.41) is 2.22. The molecule has 1 atom stereocenters. The third-order valence-electron chi connectivity index (χ3n) is 4.99. The summed E-state index contributed by atoms with van der Waals surface area (Å²) >= 11 is 0. The molecule has 0 unspecified atom stereocenters. The van der Waals surface area contributed by atoms with E-state index in [0.717, 1.165) is 16.3 Å². The predicted octanol–water partition coefficient (Wildman–Crippen LogP) is 4.15. The van der Waals surface area contributed by atoms with Gasteiger partial charge in [-0.2, -0.15) is 0 Å². The molecule has 3 aromatic carbocycles. The van der Waals surface area contributed by atoms with Crippen molar-refractivity contribution in [3.63, 3.8) is 0 Å². The Labute approximate surface area is 189 Å². The average Bonchev–Trinajstić information content (AvgIpc) is 2.77. The Balaban J connectivity index is 0.00000272. The van der Waals surface area contributed by atoms with Gasteiger partial charge in [0, 0.05) is 27.8 Å². The van der Waals surface area contributed by atoms with Gasteiger partial charge < -0.3 is 19.6 Å². The summed E-state index contributed by atoms with van der Waals surface area (Å²) in [5.74, 6) is 0.105. The second-order valence-electron chi connectivity index (χ2n) is 7.00. The first-order valence-electron chi connectivity index (χ1n) is 9.55. The topological polar surface area (TPSA) is 91.8 Å². The number of esters is 1. The molecule has 0 fully saturated rings. The van der Waals surface area contributed by atoms with Crippen LogP contribution in [0.5, 0.6) is 5.75 Å². The zero-order valence-electron chi connectivity index (χ0n) is 16.9. The number of methoxy groups -OCH3 is 1. The van der Waals surface area contributed by atoms with Crippen LogP contribution in [0.1, 0.15) is 11.1 Å². The van der Waals surface area contributed by atoms with E-state index in [9.17, 15) is 9.59 Å². The van der Waals surface area contributed by atoms with E-state index in [-0.39, 0.29) is 23.6 Å². The molecule has 0 bridgehead atoms. The first-order valence-corrected chi connectivity index (χ1v) is 9.55. The molecule has 6 nitrogen and oxygen atoms in total. The third kappa shape index (κ3) is 4.78. The maximum Gasteiger partial charge on any atom is 0.336 e. The van der Waals surface area contributed by atoms with E-state index in [4.69, 9.17) is 19.6 Å². The molecule has 31 heavy (non-hydrogen) atoms. The van der Waals surface area contributed by atoms with E-state index in [1.807, 2.05) is 54.6 Å². The van der Waals surface area contributed by atoms with Crippen LogP contribution in [0.2, 0.25) is 0 Å². The molecular weight excluding hydrogens is 462 g/mol. The quantitative estimate of drug-likeness (QED) is 0.251. The zero-order chi connectivity index (χ0) is 21.1. The van der Waals surface area contributed by atoms with Crippen LogP contribution in [0.25, 0.3) is 21.7 Å². The molecule has 0 aliphatic heterocycles. The SMILES string of the molecule is Br.COc1cc2c(COC(=O)[C@@H](N)Cc3ccccc3)cc(=O)oc2c2ccccc12. The maximum absolute atomic E-state index is 12.4. The number of halogens is 1. The smallest absolute Gasteiger partial charge is 0.336 e. The van der Waals surface area contributed by atoms with Gasteiger partial charge in [-0.3, -0.25) is 4.79 Å². The summed E-state index contributed by atoms with van der Waals surface area (Å²) in [4.78, 5) is 24.6. The number of rotatable bonds is 6. The zero-order valence-corrected chi connectivity index (χ0v) is 18.6. The molecule has 0 aliphatic rings. The van der Waals surface area contributed by atoms with Crippen molar-refractivity contribution in [2.24, 2.45) is 5.73 Å². The normalized spacial score (nSPS) is 11.7. The fourth-order valence-electron chi connectivity index (χ4n) is 3.51. The fraction of sp³-hybridized carbons (Fsp3) is 0.167. The maximum atomic E-state index is 12.4. The first-order chi connectivity index (χ1) is 14.6. The molecule has 0 radical (unpaired) electrons. The summed E-state index contributed by atoms with van der Waals surface area (Å²) in [6.07, 6.45) is 0.371. The van der Waals surface area contributed by atoms with E-state index in [1.54, 1.807) is 13.2 Å². The molecule has 0 spiro atoms. The van der Waals surface area contributed by atoms with Crippen LogP contribution in [0.15, 0.2) is 75.9 Å². The number of ether oxygens (including phenoxy) is 2. The number of benzene rings is 3. The van der Waals surface area contributed by atoms with Crippen molar-refractivity contribution in [3.05, 3.63) is 88.3 Å². The van der Waals surface area contributed by atoms with Crippen LogP contribution in [0.3, 0.4) is 0 Å². The Hall–Kier alpha value is -3.16. The molecule has 0 aliphatic carbocycles. The second-order valence-corrected chi connectivity index (χ2v) is 7.00. The van der Waals surface area contributed by atoms with E-state index in [2.05, 4.69) is 0 Å². The average molecular weight is 484 g/mol. The highest BCUT2D eigenvalue weighted by Crippen LogP contribution is 2.34. The van der Waals surface area contributed by atoms with E-state index < -0.39 is 17.6 Å².